The molecule has 0 saturated heterocycles. The maximum atomic E-state index is 14.0. The number of aliphatic hydroxyl groups excluding tert-OH is 1. The van der Waals surface area contributed by atoms with Crippen molar-refractivity contribution in [1.82, 2.24) is 0 Å². The Morgan fingerprint density at radius 1 is 0.853 bits per heavy atom. The first-order chi connectivity index (χ1) is 15.5. The Labute approximate surface area is 179 Å². The van der Waals surface area contributed by atoms with Gasteiger partial charge in [0.05, 0.1) is 0 Å². The van der Waals surface area contributed by atoms with Crippen molar-refractivity contribution in [2.24, 2.45) is 0 Å². The Balaban J connectivity index is 2.71. The average Bonchev–Trinajstić information content (AvgIpc) is 2.72. The largest absolute Gasteiger partial charge is 0.506 e. The number of alkyl halides is 5. The number of anilines is 1. The summed E-state index contributed by atoms with van der Waals surface area (Å²) in [5.41, 5.74) is -10.7. The summed E-state index contributed by atoms with van der Waals surface area (Å²) in [5.74, 6) is -22.2. The fourth-order valence-electron chi connectivity index (χ4n) is 2.47. The number of hydrogen-bond donors (Lipinski definition) is 3. The molecule has 16 heteroatoms. The summed E-state index contributed by atoms with van der Waals surface area (Å²) in [5, 5.41) is 18.0. The van der Waals surface area contributed by atoms with Crippen molar-refractivity contribution in [3.8, 4) is 0 Å². The molecule has 1 amide bonds. The molecule has 0 aliphatic heterocycles. The van der Waals surface area contributed by atoms with Gasteiger partial charge in [-0.3, -0.25) is 10.2 Å². The van der Waals surface area contributed by atoms with Crippen molar-refractivity contribution in [1.29, 1.82) is 5.41 Å². The Bertz CT molecular complexity index is 1170. The zero-order chi connectivity index (χ0) is 26.3. The molecular formula is C18H6F12N2O2. The van der Waals surface area contributed by atoms with E-state index in [1.54, 1.807) is 0 Å². The molecule has 184 valence electrons. The van der Waals surface area contributed by atoms with E-state index < -0.39 is 93.1 Å². The molecule has 0 atom stereocenters. The fraction of sp³-hybridized carbons (Fsp3) is 0.111. The third kappa shape index (κ3) is 4.79. The van der Waals surface area contributed by atoms with Gasteiger partial charge < -0.3 is 10.4 Å². The van der Waals surface area contributed by atoms with Crippen molar-refractivity contribution < 1.29 is 62.6 Å². The van der Waals surface area contributed by atoms with Crippen LogP contribution >= 0.6 is 0 Å². The molecule has 0 saturated carbocycles. The molecule has 0 fully saturated rings. The summed E-state index contributed by atoms with van der Waals surface area (Å²) in [6.45, 7) is 0. The van der Waals surface area contributed by atoms with Gasteiger partial charge in [0.25, 0.3) is 12.3 Å². The lowest BCUT2D eigenvalue weighted by molar-refractivity contribution is -0.143. The lowest BCUT2D eigenvalue weighted by Crippen LogP contribution is -2.27. The van der Waals surface area contributed by atoms with Crippen LogP contribution < -0.4 is 5.32 Å². The standard InChI is InChI=1S/C18H6F12N2O2/c19-4-1-3(2-5(20)8(4)21)15(33)6(13(31)16(26)27)17(34)32-14-11(24)9(22)7(18(28,29)30)10(23)12(14)25/h1-2,16,31,33H,(H,32,34). The highest BCUT2D eigenvalue weighted by molar-refractivity contribution is 6.29. The number of hydrogen-bond acceptors (Lipinski definition) is 3. The van der Waals surface area contributed by atoms with Crippen molar-refractivity contribution in [2.45, 2.75) is 12.6 Å². The van der Waals surface area contributed by atoms with E-state index >= 15 is 0 Å². The molecule has 34 heavy (non-hydrogen) atoms. The van der Waals surface area contributed by atoms with Crippen LogP contribution in [0.15, 0.2) is 17.7 Å². The van der Waals surface area contributed by atoms with Crippen molar-refractivity contribution in [3.63, 3.8) is 0 Å². The van der Waals surface area contributed by atoms with Crippen molar-refractivity contribution in [2.75, 3.05) is 5.32 Å². The molecular weight excluding hydrogens is 504 g/mol. The van der Waals surface area contributed by atoms with Crippen LogP contribution in [0.25, 0.3) is 5.76 Å². The van der Waals surface area contributed by atoms with E-state index in [1.807, 2.05) is 0 Å². The van der Waals surface area contributed by atoms with Gasteiger partial charge in [-0.1, -0.05) is 0 Å². The van der Waals surface area contributed by atoms with Crippen molar-refractivity contribution >= 4 is 23.1 Å². The first kappa shape index (κ1) is 26.5. The SMILES string of the molecule is N=C(C(C(=O)Nc1c(F)c(F)c(C(F)(F)F)c(F)c1F)=C(O)c1cc(F)c(F)c(F)c1)C(F)F. The second-order valence-electron chi connectivity index (χ2n) is 6.15. The predicted octanol–water partition coefficient (Wildman–Crippen LogP) is 5.87. The number of halogens is 12. The van der Waals surface area contributed by atoms with E-state index in [0.717, 1.165) is 5.32 Å². The molecule has 0 aliphatic carbocycles. The second kappa shape index (κ2) is 9.26. The highest BCUT2D eigenvalue weighted by Gasteiger charge is 2.43. The van der Waals surface area contributed by atoms with Gasteiger partial charge in [-0.2, -0.15) is 13.2 Å². The van der Waals surface area contributed by atoms with Gasteiger partial charge in [-0.25, -0.2) is 39.5 Å². The zero-order valence-electron chi connectivity index (χ0n) is 15.6. The molecule has 0 heterocycles. The quantitative estimate of drug-likeness (QED) is 0.118. The molecule has 0 radical (unpaired) electrons. The predicted molar refractivity (Wildman–Crippen MR) is 89.5 cm³/mol. The minimum Gasteiger partial charge on any atom is -0.506 e. The first-order valence-electron chi connectivity index (χ1n) is 8.20. The van der Waals surface area contributed by atoms with Gasteiger partial charge in [-0.15, -0.1) is 0 Å². The normalized spacial score (nSPS) is 12.6. The maximum Gasteiger partial charge on any atom is 0.422 e. The Morgan fingerprint density at radius 3 is 1.68 bits per heavy atom. The maximum absolute atomic E-state index is 14.0. The summed E-state index contributed by atoms with van der Waals surface area (Å²) >= 11 is 0. The molecule has 0 spiro atoms. The monoisotopic (exact) mass is 510 g/mol. The van der Waals surface area contributed by atoms with Crippen LogP contribution in [0.1, 0.15) is 11.1 Å². The fourth-order valence-corrected chi connectivity index (χ4v) is 2.47. The van der Waals surface area contributed by atoms with E-state index in [0.29, 0.717) is 0 Å². The average molecular weight is 510 g/mol. The minimum atomic E-state index is -5.95. The smallest absolute Gasteiger partial charge is 0.422 e. The number of benzene rings is 2. The molecule has 3 N–H and O–H groups in total. The van der Waals surface area contributed by atoms with E-state index in [-0.39, 0.29) is 12.1 Å². The van der Waals surface area contributed by atoms with Gasteiger partial charge in [0.15, 0.2) is 40.7 Å². The molecule has 4 nitrogen and oxygen atoms in total. The second-order valence-corrected chi connectivity index (χ2v) is 6.15. The third-order valence-electron chi connectivity index (χ3n) is 3.99. The van der Waals surface area contributed by atoms with Crippen LogP contribution in [0.4, 0.5) is 58.4 Å². The number of carbonyl (C=O) groups is 1. The summed E-state index contributed by atoms with van der Waals surface area (Å²) in [4.78, 5) is 12.3. The van der Waals surface area contributed by atoms with E-state index in [2.05, 4.69) is 0 Å². The summed E-state index contributed by atoms with van der Waals surface area (Å²) < 4.78 is 159. The molecule has 2 aromatic carbocycles. The van der Waals surface area contributed by atoms with E-state index in [4.69, 9.17) is 5.41 Å². The van der Waals surface area contributed by atoms with Crippen LogP contribution in [0.5, 0.6) is 0 Å². The van der Waals surface area contributed by atoms with Crippen LogP contribution in [0.2, 0.25) is 0 Å². The molecule has 0 bridgehead atoms. The summed E-state index contributed by atoms with van der Waals surface area (Å²) in [6.07, 6.45) is -9.91. The van der Waals surface area contributed by atoms with Crippen LogP contribution in [-0.2, 0) is 11.0 Å². The Morgan fingerprint density at radius 2 is 1.29 bits per heavy atom. The molecule has 2 aromatic rings. The highest BCUT2D eigenvalue weighted by Crippen LogP contribution is 2.38. The lowest BCUT2D eigenvalue weighted by Gasteiger charge is -2.16. The lowest BCUT2D eigenvalue weighted by atomic mass is 10.0. The highest BCUT2D eigenvalue weighted by atomic mass is 19.4. The number of rotatable bonds is 5. The van der Waals surface area contributed by atoms with Gasteiger partial charge in [-0.05, 0) is 12.1 Å². The van der Waals surface area contributed by atoms with Gasteiger partial charge >= 0.3 is 6.18 Å². The zero-order valence-corrected chi connectivity index (χ0v) is 15.6. The van der Waals surface area contributed by atoms with Crippen LogP contribution in [0.3, 0.4) is 0 Å². The van der Waals surface area contributed by atoms with Gasteiger partial charge in [0.1, 0.15) is 28.3 Å². The molecule has 2 rings (SSSR count). The summed E-state index contributed by atoms with van der Waals surface area (Å²) in [6, 6.07) is -0.0865. The molecule has 0 aliphatic rings. The topological polar surface area (TPSA) is 73.2 Å². The van der Waals surface area contributed by atoms with Crippen LogP contribution in [0, 0.1) is 46.1 Å². The Kier molecular flexibility index (Phi) is 7.23. The third-order valence-corrected chi connectivity index (χ3v) is 3.99. The number of nitrogens with one attached hydrogen (secondary N) is 2. The van der Waals surface area contributed by atoms with E-state index in [1.165, 1.54) is 0 Å². The number of carbonyl (C=O) groups excluding carboxylic acids is 1. The molecule has 0 aromatic heterocycles. The van der Waals surface area contributed by atoms with Gasteiger partial charge in [0.2, 0.25) is 0 Å². The van der Waals surface area contributed by atoms with Gasteiger partial charge in [0, 0.05) is 5.56 Å². The summed E-state index contributed by atoms with van der Waals surface area (Å²) in [7, 11) is 0. The number of amides is 1. The Hall–Kier alpha value is -3.72. The van der Waals surface area contributed by atoms with Crippen LogP contribution in [-0.4, -0.2) is 23.2 Å². The van der Waals surface area contributed by atoms with Crippen molar-refractivity contribution in [3.05, 3.63) is 69.6 Å². The van der Waals surface area contributed by atoms with E-state index in [9.17, 15) is 62.6 Å². The number of aliphatic hydroxyl groups is 1. The first-order valence-corrected chi connectivity index (χ1v) is 8.20. The molecule has 0 unspecified atom stereocenters. The minimum absolute atomic E-state index is 0.0432.